The van der Waals surface area contributed by atoms with E-state index in [0.717, 1.165) is 34.8 Å². The molecular formula is C19H23N5OS. The summed E-state index contributed by atoms with van der Waals surface area (Å²) in [6, 6.07) is 8.20. The zero-order valence-electron chi connectivity index (χ0n) is 15.3. The highest BCUT2D eigenvalue weighted by Gasteiger charge is 2.32. The minimum atomic E-state index is -0.236. The monoisotopic (exact) mass is 369 g/mol. The van der Waals surface area contributed by atoms with E-state index in [1.54, 1.807) is 17.5 Å². The van der Waals surface area contributed by atoms with Crippen LogP contribution in [0.25, 0.3) is 21.9 Å². The molecule has 1 fully saturated rings. The van der Waals surface area contributed by atoms with Crippen molar-refractivity contribution < 1.29 is 4.79 Å². The van der Waals surface area contributed by atoms with E-state index in [4.69, 9.17) is 4.98 Å². The van der Waals surface area contributed by atoms with Crippen LogP contribution in [0.2, 0.25) is 0 Å². The molecule has 1 saturated heterocycles. The highest BCUT2D eigenvalue weighted by Crippen LogP contribution is 2.33. The Morgan fingerprint density at radius 3 is 2.88 bits per heavy atom. The predicted molar refractivity (Wildman–Crippen MR) is 104 cm³/mol. The minimum Gasteiger partial charge on any atom is -0.333 e. The lowest BCUT2D eigenvalue weighted by Gasteiger charge is -2.25. The van der Waals surface area contributed by atoms with Crippen LogP contribution in [0.1, 0.15) is 33.2 Å². The second kappa shape index (κ2) is 6.39. The van der Waals surface area contributed by atoms with E-state index in [1.807, 2.05) is 43.9 Å². The summed E-state index contributed by atoms with van der Waals surface area (Å²) < 4.78 is 2.21. The van der Waals surface area contributed by atoms with Gasteiger partial charge in [-0.2, -0.15) is 0 Å². The van der Waals surface area contributed by atoms with Crippen LogP contribution in [0.4, 0.5) is 4.79 Å². The van der Waals surface area contributed by atoms with E-state index in [2.05, 4.69) is 26.3 Å². The fraction of sp³-hybridized carbons (Fsp3) is 0.421. The van der Waals surface area contributed by atoms with Gasteiger partial charge in [0.05, 0.1) is 10.9 Å². The smallest absolute Gasteiger partial charge is 0.317 e. The number of hydrogen-bond acceptors (Lipinski definition) is 4. The number of likely N-dealkylation sites (tertiary alicyclic amines) is 1. The number of rotatable bonds is 2. The SMILES string of the molecule is CC(C)(C)NC(=O)N1CCC(n2c(-c3cccs3)nc3cccnc32)C1. The average Bonchev–Trinajstić information content (AvgIpc) is 3.31. The van der Waals surface area contributed by atoms with Gasteiger partial charge in [0, 0.05) is 24.8 Å². The topological polar surface area (TPSA) is 63.1 Å². The number of amides is 2. The minimum absolute atomic E-state index is 0.00458. The van der Waals surface area contributed by atoms with E-state index < -0.39 is 0 Å². The molecule has 2 amide bonds. The lowest BCUT2D eigenvalue weighted by molar-refractivity contribution is 0.198. The molecule has 3 aromatic rings. The molecule has 0 aliphatic carbocycles. The third kappa shape index (κ3) is 3.19. The van der Waals surface area contributed by atoms with Crippen molar-refractivity contribution in [1.82, 2.24) is 24.8 Å². The van der Waals surface area contributed by atoms with Crippen LogP contribution in [0.3, 0.4) is 0 Å². The highest BCUT2D eigenvalue weighted by molar-refractivity contribution is 7.13. The van der Waals surface area contributed by atoms with Crippen molar-refractivity contribution in [3.63, 3.8) is 0 Å². The van der Waals surface area contributed by atoms with Gasteiger partial charge in [-0.25, -0.2) is 14.8 Å². The van der Waals surface area contributed by atoms with Crippen molar-refractivity contribution in [3.05, 3.63) is 35.8 Å². The number of carbonyl (C=O) groups is 1. The van der Waals surface area contributed by atoms with Gasteiger partial charge >= 0.3 is 6.03 Å². The molecule has 4 rings (SSSR count). The van der Waals surface area contributed by atoms with Crippen LogP contribution in [0.5, 0.6) is 0 Å². The number of aromatic nitrogens is 3. The maximum absolute atomic E-state index is 12.5. The molecule has 1 atom stereocenters. The Morgan fingerprint density at radius 1 is 1.31 bits per heavy atom. The summed E-state index contributed by atoms with van der Waals surface area (Å²) in [7, 11) is 0. The summed E-state index contributed by atoms with van der Waals surface area (Å²) in [5.74, 6) is 0.941. The number of pyridine rings is 1. The first-order chi connectivity index (χ1) is 12.4. The molecule has 1 aliphatic rings. The Bertz CT molecular complexity index is 925. The van der Waals surface area contributed by atoms with Gasteiger partial charge in [0.1, 0.15) is 5.52 Å². The molecule has 0 aromatic carbocycles. The lowest BCUT2D eigenvalue weighted by Crippen LogP contribution is -2.47. The van der Waals surface area contributed by atoms with Gasteiger partial charge in [-0.15, -0.1) is 11.3 Å². The Balaban J connectivity index is 1.67. The van der Waals surface area contributed by atoms with E-state index in [9.17, 15) is 4.79 Å². The summed E-state index contributed by atoms with van der Waals surface area (Å²) in [4.78, 5) is 24.9. The molecule has 4 heterocycles. The molecule has 7 heteroatoms. The number of nitrogens with one attached hydrogen (secondary N) is 1. The first kappa shape index (κ1) is 17.0. The Labute approximate surface area is 156 Å². The molecule has 1 N–H and O–H groups in total. The van der Waals surface area contributed by atoms with Crippen molar-refractivity contribution >= 4 is 28.5 Å². The van der Waals surface area contributed by atoms with Crippen LogP contribution >= 0.6 is 11.3 Å². The summed E-state index contributed by atoms with van der Waals surface area (Å²) >= 11 is 1.68. The van der Waals surface area contributed by atoms with Crippen molar-refractivity contribution in [3.8, 4) is 10.7 Å². The Kier molecular flexibility index (Phi) is 4.19. The van der Waals surface area contributed by atoms with Gasteiger partial charge in [-0.3, -0.25) is 0 Å². The highest BCUT2D eigenvalue weighted by atomic mass is 32.1. The van der Waals surface area contributed by atoms with Gasteiger partial charge in [-0.1, -0.05) is 6.07 Å². The summed E-state index contributed by atoms with van der Waals surface area (Å²) in [5.41, 5.74) is 1.55. The molecule has 0 bridgehead atoms. The van der Waals surface area contributed by atoms with Gasteiger partial charge in [-0.05, 0) is 50.8 Å². The Hall–Kier alpha value is -2.41. The zero-order chi connectivity index (χ0) is 18.3. The molecule has 0 saturated carbocycles. The molecule has 26 heavy (non-hydrogen) atoms. The molecule has 0 radical (unpaired) electrons. The molecule has 6 nitrogen and oxygen atoms in total. The second-order valence-electron chi connectivity index (χ2n) is 7.70. The third-order valence-electron chi connectivity index (χ3n) is 4.49. The van der Waals surface area contributed by atoms with E-state index in [1.165, 1.54) is 0 Å². The standard InChI is InChI=1S/C19H23N5OS/c1-19(2,3)22-18(25)23-10-8-13(12-23)24-16-14(6-4-9-20-16)21-17(24)15-7-5-11-26-15/h4-7,9,11,13H,8,10,12H2,1-3H3,(H,22,25). The van der Waals surface area contributed by atoms with Crippen LogP contribution in [0.15, 0.2) is 35.8 Å². The molecule has 136 valence electrons. The first-order valence-electron chi connectivity index (χ1n) is 8.86. The number of imidazole rings is 1. The third-order valence-corrected chi connectivity index (χ3v) is 5.35. The fourth-order valence-electron chi connectivity index (χ4n) is 3.39. The number of fused-ring (bicyclic) bond motifs is 1. The molecule has 0 spiro atoms. The second-order valence-corrected chi connectivity index (χ2v) is 8.65. The number of urea groups is 1. The quantitative estimate of drug-likeness (QED) is 0.745. The maximum atomic E-state index is 12.5. The lowest BCUT2D eigenvalue weighted by atomic mass is 10.1. The van der Waals surface area contributed by atoms with Crippen LogP contribution < -0.4 is 5.32 Å². The van der Waals surface area contributed by atoms with Crippen molar-refractivity contribution in [2.24, 2.45) is 0 Å². The maximum Gasteiger partial charge on any atom is 0.317 e. The van der Waals surface area contributed by atoms with Crippen LogP contribution in [-0.4, -0.2) is 44.1 Å². The summed E-state index contributed by atoms with van der Waals surface area (Å²) in [5, 5.41) is 5.11. The number of thiophene rings is 1. The van der Waals surface area contributed by atoms with Crippen molar-refractivity contribution in [1.29, 1.82) is 0 Å². The fourth-order valence-corrected chi connectivity index (χ4v) is 4.10. The van der Waals surface area contributed by atoms with E-state index >= 15 is 0 Å². The normalized spacial score (nSPS) is 17.8. The summed E-state index contributed by atoms with van der Waals surface area (Å²) in [6.07, 6.45) is 2.70. The van der Waals surface area contributed by atoms with Crippen LogP contribution in [0, 0.1) is 0 Å². The molecule has 3 aromatic heterocycles. The van der Waals surface area contributed by atoms with E-state index in [-0.39, 0.29) is 17.6 Å². The zero-order valence-corrected chi connectivity index (χ0v) is 16.1. The van der Waals surface area contributed by atoms with Crippen molar-refractivity contribution in [2.75, 3.05) is 13.1 Å². The number of hydrogen-bond donors (Lipinski definition) is 1. The van der Waals surface area contributed by atoms with Gasteiger partial charge < -0.3 is 14.8 Å². The predicted octanol–water partition coefficient (Wildman–Crippen LogP) is 3.91. The Morgan fingerprint density at radius 2 is 2.15 bits per heavy atom. The van der Waals surface area contributed by atoms with Gasteiger partial charge in [0.25, 0.3) is 0 Å². The molecular weight excluding hydrogens is 346 g/mol. The average molecular weight is 369 g/mol. The van der Waals surface area contributed by atoms with Crippen molar-refractivity contribution in [2.45, 2.75) is 38.8 Å². The first-order valence-corrected chi connectivity index (χ1v) is 9.74. The van der Waals surface area contributed by atoms with Gasteiger partial charge in [0.2, 0.25) is 0 Å². The summed E-state index contributed by atoms with van der Waals surface area (Å²) in [6.45, 7) is 7.41. The number of carbonyl (C=O) groups excluding carboxylic acids is 1. The van der Waals surface area contributed by atoms with E-state index in [0.29, 0.717) is 6.54 Å². The molecule has 1 aliphatic heterocycles. The van der Waals surface area contributed by atoms with Gasteiger partial charge in [0.15, 0.2) is 11.5 Å². The number of nitrogens with zero attached hydrogens (tertiary/aromatic N) is 4. The largest absolute Gasteiger partial charge is 0.333 e. The van der Waals surface area contributed by atoms with Crippen LogP contribution in [-0.2, 0) is 0 Å². The molecule has 1 unspecified atom stereocenters.